The maximum atomic E-state index is 5.88. The van der Waals surface area contributed by atoms with Crippen molar-refractivity contribution in [2.45, 2.75) is 6.92 Å². The number of H-pyrrole nitrogens is 2. The number of nitrogens with two attached hydrogens (primary N) is 1. The highest BCUT2D eigenvalue weighted by Gasteiger charge is 2.17. The number of pyridine rings is 3. The number of hydrogen-bond donors (Lipinski definition) is 3. The van der Waals surface area contributed by atoms with Gasteiger partial charge in [0.05, 0.1) is 52.5 Å². The normalized spacial score (nSPS) is 11.5. The van der Waals surface area contributed by atoms with Crippen molar-refractivity contribution in [2.24, 2.45) is 0 Å². The molecule has 0 aliphatic rings. The average molecular weight is 408 g/mol. The van der Waals surface area contributed by atoms with Crippen molar-refractivity contribution in [3.8, 4) is 28.5 Å². The van der Waals surface area contributed by atoms with E-state index in [-0.39, 0.29) is 0 Å². The molecule has 0 saturated heterocycles. The van der Waals surface area contributed by atoms with Crippen molar-refractivity contribution in [1.29, 1.82) is 0 Å². The Morgan fingerprint density at radius 1 is 0.968 bits per heavy atom. The third-order valence-corrected chi connectivity index (χ3v) is 5.05. The molecule has 31 heavy (non-hydrogen) atoms. The highest BCUT2D eigenvalue weighted by Crippen LogP contribution is 2.29. The molecule has 0 bridgehead atoms. The summed E-state index contributed by atoms with van der Waals surface area (Å²) in [6, 6.07) is 5.68. The van der Waals surface area contributed by atoms with E-state index >= 15 is 0 Å². The quantitative estimate of drug-likeness (QED) is 0.409. The van der Waals surface area contributed by atoms with Gasteiger partial charge in [0.2, 0.25) is 0 Å². The first-order valence-electron chi connectivity index (χ1n) is 9.57. The van der Waals surface area contributed by atoms with Crippen LogP contribution in [-0.4, -0.2) is 44.7 Å². The molecule has 0 radical (unpaired) electrons. The van der Waals surface area contributed by atoms with E-state index in [0.717, 1.165) is 39.2 Å². The zero-order chi connectivity index (χ0) is 20.9. The molecule has 0 spiro atoms. The van der Waals surface area contributed by atoms with Crippen molar-refractivity contribution >= 4 is 27.8 Å². The lowest BCUT2D eigenvalue weighted by Gasteiger charge is -2.02. The number of nitrogen functional groups attached to an aromatic ring is 1. The van der Waals surface area contributed by atoms with Gasteiger partial charge in [-0.15, -0.1) is 0 Å². The fourth-order valence-corrected chi connectivity index (χ4v) is 3.60. The first-order valence-corrected chi connectivity index (χ1v) is 9.57. The number of aromatic nitrogens is 9. The third-order valence-electron chi connectivity index (χ3n) is 5.05. The zero-order valence-corrected chi connectivity index (χ0v) is 16.4. The molecule has 0 fully saturated rings. The number of aryl methyl sites for hydroxylation is 1. The second-order valence-corrected chi connectivity index (χ2v) is 7.23. The lowest BCUT2D eigenvalue weighted by molar-refractivity contribution is 1.05. The van der Waals surface area contributed by atoms with E-state index in [1.54, 1.807) is 31.1 Å². The van der Waals surface area contributed by atoms with Crippen molar-refractivity contribution in [1.82, 2.24) is 44.7 Å². The molecule has 0 saturated carbocycles. The van der Waals surface area contributed by atoms with Crippen LogP contribution in [-0.2, 0) is 0 Å². The SMILES string of the molecule is Cc1cn(-c2cncc3[nH]c(-c4n[nH]c5ccc(-c6cncc(N)c6)nc45)nc23)cn1. The van der Waals surface area contributed by atoms with Crippen molar-refractivity contribution in [3.63, 3.8) is 0 Å². The predicted octanol–water partition coefficient (Wildman–Crippen LogP) is 3.03. The highest BCUT2D eigenvalue weighted by molar-refractivity contribution is 5.92. The van der Waals surface area contributed by atoms with Gasteiger partial charge in [0, 0.05) is 24.2 Å². The minimum Gasteiger partial charge on any atom is -0.397 e. The molecule has 4 N–H and O–H groups in total. The molecule has 10 nitrogen and oxygen atoms in total. The maximum Gasteiger partial charge on any atom is 0.161 e. The van der Waals surface area contributed by atoms with Crippen molar-refractivity contribution in [2.75, 3.05) is 5.73 Å². The summed E-state index contributed by atoms with van der Waals surface area (Å²) in [7, 11) is 0. The summed E-state index contributed by atoms with van der Waals surface area (Å²) in [5.74, 6) is 0.600. The molecule has 6 aromatic heterocycles. The summed E-state index contributed by atoms with van der Waals surface area (Å²) in [6.07, 6.45) is 10.5. The second kappa shape index (κ2) is 6.46. The van der Waals surface area contributed by atoms with E-state index in [0.29, 0.717) is 22.7 Å². The van der Waals surface area contributed by atoms with Crippen LogP contribution in [0.15, 0.2) is 55.5 Å². The van der Waals surface area contributed by atoms with Crippen LogP contribution in [0.2, 0.25) is 0 Å². The molecule has 0 amide bonds. The first-order chi connectivity index (χ1) is 15.2. The fraction of sp³-hybridized carbons (Fsp3) is 0.0476. The molecule has 6 aromatic rings. The molecular formula is C21H16N10. The number of nitrogens with one attached hydrogen (secondary N) is 2. The number of hydrogen-bond acceptors (Lipinski definition) is 7. The number of anilines is 1. The Kier molecular flexibility index (Phi) is 3.60. The van der Waals surface area contributed by atoms with Crippen molar-refractivity contribution in [3.05, 3.63) is 61.2 Å². The molecule has 0 aliphatic carbocycles. The van der Waals surface area contributed by atoms with Gasteiger partial charge >= 0.3 is 0 Å². The number of imidazole rings is 2. The van der Waals surface area contributed by atoms with Gasteiger partial charge in [-0.05, 0) is 25.1 Å². The molecular weight excluding hydrogens is 392 g/mol. The van der Waals surface area contributed by atoms with E-state index in [4.69, 9.17) is 15.7 Å². The molecule has 150 valence electrons. The Bertz CT molecular complexity index is 1570. The molecule has 6 rings (SSSR count). The van der Waals surface area contributed by atoms with E-state index in [2.05, 4.69) is 30.1 Å². The van der Waals surface area contributed by atoms with Crippen LogP contribution >= 0.6 is 0 Å². The van der Waals surface area contributed by atoms with Crippen molar-refractivity contribution < 1.29 is 0 Å². The number of rotatable bonds is 3. The van der Waals surface area contributed by atoms with E-state index in [9.17, 15) is 0 Å². The summed E-state index contributed by atoms with van der Waals surface area (Å²) in [6.45, 7) is 1.94. The molecule has 0 atom stereocenters. The predicted molar refractivity (Wildman–Crippen MR) is 116 cm³/mol. The monoisotopic (exact) mass is 408 g/mol. The fourth-order valence-electron chi connectivity index (χ4n) is 3.60. The summed E-state index contributed by atoms with van der Waals surface area (Å²) in [4.78, 5) is 25.7. The van der Waals surface area contributed by atoms with Gasteiger partial charge in [-0.2, -0.15) is 5.10 Å². The lowest BCUT2D eigenvalue weighted by Crippen LogP contribution is -1.93. The Morgan fingerprint density at radius 2 is 1.87 bits per heavy atom. The summed E-state index contributed by atoms with van der Waals surface area (Å²) < 4.78 is 1.90. The summed E-state index contributed by atoms with van der Waals surface area (Å²) >= 11 is 0. The van der Waals surface area contributed by atoms with Gasteiger partial charge in [0.1, 0.15) is 11.0 Å². The van der Waals surface area contributed by atoms with Crippen LogP contribution in [0, 0.1) is 6.92 Å². The largest absolute Gasteiger partial charge is 0.397 e. The van der Waals surface area contributed by atoms with Crippen LogP contribution < -0.4 is 5.73 Å². The second-order valence-electron chi connectivity index (χ2n) is 7.23. The highest BCUT2D eigenvalue weighted by atomic mass is 15.2. The Hall–Kier alpha value is -4.60. The van der Waals surface area contributed by atoms with Crippen LogP contribution in [0.3, 0.4) is 0 Å². The lowest BCUT2D eigenvalue weighted by atomic mass is 10.1. The Morgan fingerprint density at radius 3 is 2.71 bits per heavy atom. The number of fused-ring (bicyclic) bond motifs is 2. The van der Waals surface area contributed by atoms with E-state index in [1.807, 2.05) is 35.9 Å². The van der Waals surface area contributed by atoms with Gasteiger partial charge < -0.3 is 15.3 Å². The van der Waals surface area contributed by atoms with Crippen LogP contribution in [0.4, 0.5) is 5.69 Å². The molecule has 6 heterocycles. The van der Waals surface area contributed by atoms with Gasteiger partial charge in [0.25, 0.3) is 0 Å². The van der Waals surface area contributed by atoms with Gasteiger partial charge in [-0.3, -0.25) is 15.1 Å². The minimum atomic E-state index is 0.582. The smallest absolute Gasteiger partial charge is 0.161 e. The molecule has 10 heteroatoms. The molecule has 0 unspecified atom stereocenters. The Labute approximate surface area is 175 Å². The summed E-state index contributed by atoms with van der Waals surface area (Å²) in [5.41, 5.74) is 13.5. The third kappa shape index (κ3) is 2.81. The number of nitrogens with zero attached hydrogens (tertiary/aromatic N) is 7. The summed E-state index contributed by atoms with van der Waals surface area (Å²) in [5, 5.41) is 7.49. The van der Waals surface area contributed by atoms with Crippen LogP contribution in [0.25, 0.3) is 50.5 Å². The molecule has 0 aromatic carbocycles. The van der Waals surface area contributed by atoms with Crippen LogP contribution in [0.1, 0.15) is 5.69 Å². The van der Waals surface area contributed by atoms with Gasteiger partial charge in [0.15, 0.2) is 11.5 Å². The first kappa shape index (κ1) is 17.3. The topological polar surface area (TPSA) is 140 Å². The van der Waals surface area contributed by atoms with Gasteiger partial charge in [-0.1, -0.05) is 0 Å². The van der Waals surface area contributed by atoms with E-state index in [1.165, 1.54) is 0 Å². The molecule has 0 aliphatic heterocycles. The van der Waals surface area contributed by atoms with Crippen LogP contribution in [0.5, 0.6) is 0 Å². The maximum absolute atomic E-state index is 5.88. The average Bonchev–Trinajstić information content (AvgIpc) is 3.50. The standard InChI is InChI=1S/C21H16N10/c1-11-9-31(10-25-11)17-8-24-7-16-18(17)28-21(27-16)20-19-15(29-30-20)3-2-14(26-19)12-4-13(22)6-23-5-12/h2-10H,22H2,1H3,(H,27,28)(H,29,30). The minimum absolute atomic E-state index is 0.582. The number of aromatic amines is 2. The zero-order valence-electron chi connectivity index (χ0n) is 16.4. The van der Waals surface area contributed by atoms with Gasteiger partial charge in [-0.25, -0.2) is 15.0 Å². The van der Waals surface area contributed by atoms with E-state index < -0.39 is 0 Å². The Balaban J connectivity index is 1.51.